The molecule has 4 nitrogen and oxygen atoms in total. The normalized spacial score (nSPS) is 21.5. The molecule has 2 fully saturated rings. The van der Waals surface area contributed by atoms with Crippen LogP contribution in [-0.2, 0) is 11.3 Å². The van der Waals surface area contributed by atoms with E-state index in [1.54, 1.807) is 4.90 Å². The van der Waals surface area contributed by atoms with Crippen molar-refractivity contribution < 1.29 is 9.59 Å². The lowest BCUT2D eigenvalue weighted by Gasteiger charge is -2.34. The second kappa shape index (κ2) is 5.79. The van der Waals surface area contributed by atoms with Gasteiger partial charge in [-0.3, -0.25) is 10.1 Å². The third kappa shape index (κ3) is 2.71. The van der Waals surface area contributed by atoms with Crippen molar-refractivity contribution in [3.8, 4) is 0 Å². The van der Waals surface area contributed by atoms with Crippen LogP contribution in [0.5, 0.6) is 0 Å². The van der Waals surface area contributed by atoms with Crippen LogP contribution >= 0.6 is 15.9 Å². The summed E-state index contributed by atoms with van der Waals surface area (Å²) >= 11 is 3.45. The zero-order valence-corrected chi connectivity index (χ0v) is 13.5. The van der Waals surface area contributed by atoms with Crippen LogP contribution in [0.4, 0.5) is 4.79 Å². The van der Waals surface area contributed by atoms with Crippen molar-refractivity contribution in [2.24, 2.45) is 0 Å². The van der Waals surface area contributed by atoms with Crippen LogP contribution in [0.25, 0.3) is 0 Å². The fourth-order valence-electron chi connectivity index (χ4n) is 3.45. The number of nitrogens with one attached hydrogen (secondary N) is 1. The van der Waals surface area contributed by atoms with Gasteiger partial charge in [-0.05, 0) is 30.5 Å². The quantitative estimate of drug-likeness (QED) is 0.828. The highest BCUT2D eigenvalue weighted by molar-refractivity contribution is 9.10. The summed E-state index contributed by atoms with van der Waals surface area (Å²) < 4.78 is 0.987. The Balaban J connectivity index is 1.90. The molecule has 5 heteroatoms. The molecule has 1 aromatic rings. The SMILES string of the molecule is O=C1NC(=O)C2(CCCCCC2)N1Cc1cccc(Br)c1. The highest BCUT2D eigenvalue weighted by Gasteiger charge is 2.52. The molecule has 1 aliphatic carbocycles. The van der Waals surface area contributed by atoms with Crippen LogP contribution in [0.2, 0.25) is 0 Å². The van der Waals surface area contributed by atoms with E-state index in [-0.39, 0.29) is 11.9 Å². The summed E-state index contributed by atoms with van der Waals surface area (Å²) in [6, 6.07) is 7.66. The van der Waals surface area contributed by atoms with E-state index in [2.05, 4.69) is 21.2 Å². The minimum atomic E-state index is -0.629. The molecular formula is C16H19BrN2O2. The predicted molar refractivity (Wildman–Crippen MR) is 83.7 cm³/mol. The molecule has 0 unspecified atom stereocenters. The highest BCUT2D eigenvalue weighted by Crippen LogP contribution is 2.37. The monoisotopic (exact) mass is 350 g/mol. The van der Waals surface area contributed by atoms with Crippen LogP contribution < -0.4 is 5.32 Å². The number of hydrogen-bond donors (Lipinski definition) is 1. The second-order valence-electron chi connectivity index (χ2n) is 5.92. The van der Waals surface area contributed by atoms with Crippen molar-refractivity contribution in [2.45, 2.75) is 50.6 Å². The molecule has 0 bridgehead atoms. The zero-order valence-electron chi connectivity index (χ0n) is 11.9. The largest absolute Gasteiger partial charge is 0.325 e. The molecule has 1 heterocycles. The molecule has 1 spiro atoms. The molecule has 2 aliphatic rings. The van der Waals surface area contributed by atoms with Gasteiger partial charge in [0.15, 0.2) is 0 Å². The fourth-order valence-corrected chi connectivity index (χ4v) is 3.90. The summed E-state index contributed by atoms with van der Waals surface area (Å²) in [6.45, 7) is 0.483. The summed E-state index contributed by atoms with van der Waals surface area (Å²) in [5, 5.41) is 2.53. The molecule has 3 amide bonds. The fraction of sp³-hybridized carbons (Fsp3) is 0.500. The number of rotatable bonds is 2. The van der Waals surface area contributed by atoms with Crippen LogP contribution in [0.1, 0.15) is 44.1 Å². The molecule has 0 aromatic heterocycles. The van der Waals surface area contributed by atoms with E-state index in [0.717, 1.165) is 48.6 Å². The first-order chi connectivity index (χ1) is 10.1. The van der Waals surface area contributed by atoms with E-state index in [1.165, 1.54) is 0 Å². The number of urea groups is 1. The molecule has 1 aromatic carbocycles. The van der Waals surface area contributed by atoms with Crippen LogP contribution in [0.15, 0.2) is 28.7 Å². The number of halogens is 1. The maximum Gasteiger partial charge on any atom is 0.325 e. The van der Waals surface area contributed by atoms with Gasteiger partial charge in [-0.25, -0.2) is 4.79 Å². The Morgan fingerprint density at radius 2 is 1.86 bits per heavy atom. The van der Waals surface area contributed by atoms with Gasteiger partial charge in [-0.2, -0.15) is 0 Å². The molecule has 1 saturated heterocycles. The third-order valence-electron chi connectivity index (χ3n) is 4.57. The van der Waals surface area contributed by atoms with Gasteiger partial charge in [-0.1, -0.05) is 53.7 Å². The Labute approximate surface area is 133 Å². The van der Waals surface area contributed by atoms with Gasteiger partial charge in [0, 0.05) is 11.0 Å². The van der Waals surface area contributed by atoms with Gasteiger partial charge in [0.25, 0.3) is 5.91 Å². The number of hydrogen-bond acceptors (Lipinski definition) is 2. The van der Waals surface area contributed by atoms with Gasteiger partial charge in [-0.15, -0.1) is 0 Å². The number of nitrogens with zero attached hydrogens (tertiary/aromatic N) is 1. The number of amides is 3. The molecular weight excluding hydrogens is 332 g/mol. The van der Waals surface area contributed by atoms with Crippen LogP contribution in [-0.4, -0.2) is 22.4 Å². The van der Waals surface area contributed by atoms with Gasteiger partial charge in [0.2, 0.25) is 0 Å². The van der Waals surface area contributed by atoms with E-state index in [4.69, 9.17) is 0 Å². The number of carbonyl (C=O) groups is 2. The van der Waals surface area contributed by atoms with Crippen molar-refractivity contribution in [1.29, 1.82) is 0 Å². The molecule has 0 radical (unpaired) electrons. The average Bonchev–Trinajstić information content (AvgIpc) is 2.64. The minimum absolute atomic E-state index is 0.107. The summed E-state index contributed by atoms with van der Waals surface area (Å²) in [5.41, 5.74) is 0.411. The lowest BCUT2D eigenvalue weighted by atomic mass is 9.88. The Kier molecular flexibility index (Phi) is 4.02. The lowest BCUT2D eigenvalue weighted by Crippen LogP contribution is -2.48. The number of carbonyl (C=O) groups excluding carboxylic acids is 2. The molecule has 1 aliphatic heterocycles. The van der Waals surface area contributed by atoms with Gasteiger partial charge >= 0.3 is 6.03 Å². The molecule has 0 atom stereocenters. The molecule has 3 rings (SSSR count). The Morgan fingerprint density at radius 1 is 1.14 bits per heavy atom. The minimum Gasteiger partial charge on any atom is -0.305 e. The summed E-state index contributed by atoms with van der Waals surface area (Å²) in [4.78, 5) is 26.4. The van der Waals surface area contributed by atoms with Crippen LogP contribution in [0.3, 0.4) is 0 Å². The van der Waals surface area contributed by atoms with E-state index in [9.17, 15) is 9.59 Å². The zero-order chi connectivity index (χ0) is 14.9. The Hall–Kier alpha value is -1.36. The van der Waals surface area contributed by atoms with E-state index in [0.29, 0.717) is 6.54 Å². The van der Waals surface area contributed by atoms with Crippen molar-refractivity contribution in [1.82, 2.24) is 10.2 Å². The average molecular weight is 351 g/mol. The first-order valence-electron chi connectivity index (χ1n) is 7.49. The molecule has 1 N–H and O–H groups in total. The van der Waals surface area contributed by atoms with Crippen molar-refractivity contribution in [3.63, 3.8) is 0 Å². The maximum absolute atomic E-state index is 12.4. The summed E-state index contributed by atoms with van der Waals surface area (Å²) in [6.07, 6.45) is 5.87. The summed E-state index contributed by atoms with van der Waals surface area (Å²) in [5.74, 6) is -0.107. The lowest BCUT2D eigenvalue weighted by molar-refractivity contribution is -0.127. The standard InChI is InChI=1S/C16H19BrN2O2/c17-13-7-5-6-12(10-13)11-19-15(21)18-14(20)16(19)8-3-1-2-4-9-16/h5-7,10H,1-4,8-9,11H2,(H,18,20,21). The van der Waals surface area contributed by atoms with Crippen molar-refractivity contribution in [3.05, 3.63) is 34.3 Å². The molecule has 21 heavy (non-hydrogen) atoms. The number of imide groups is 1. The predicted octanol–water partition coefficient (Wildman–Crippen LogP) is 3.59. The maximum atomic E-state index is 12.4. The van der Waals surface area contributed by atoms with E-state index >= 15 is 0 Å². The summed E-state index contributed by atoms with van der Waals surface area (Å²) in [7, 11) is 0. The third-order valence-corrected chi connectivity index (χ3v) is 5.06. The highest BCUT2D eigenvalue weighted by atomic mass is 79.9. The van der Waals surface area contributed by atoms with Gasteiger partial charge in [0.05, 0.1) is 0 Å². The van der Waals surface area contributed by atoms with Gasteiger partial charge < -0.3 is 4.90 Å². The van der Waals surface area contributed by atoms with Crippen molar-refractivity contribution >= 4 is 27.9 Å². The van der Waals surface area contributed by atoms with E-state index in [1.807, 2.05) is 24.3 Å². The smallest absolute Gasteiger partial charge is 0.305 e. The molecule has 112 valence electrons. The van der Waals surface area contributed by atoms with Gasteiger partial charge in [0.1, 0.15) is 5.54 Å². The van der Waals surface area contributed by atoms with Crippen molar-refractivity contribution in [2.75, 3.05) is 0 Å². The topological polar surface area (TPSA) is 49.4 Å². The number of benzene rings is 1. The Bertz CT molecular complexity index is 565. The Morgan fingerprint density at radius 3 is 2.52 bits per heavy atom. The molecule has 1 saturated carbocycles. The first-order valence-corrected chi connectivity index (χ1v) is 8.29. The second-order valence-corrected chi connectivity index (χ2v) is 6.84. The van der Waals surface area contributed by atoms with E-state index < -0.39 is 5.54 Å². The first kappa shape index (κ1) is 14.6. The van der Waals surface area contributed by atoms with Crippen LogP contribution in [0, 0.1) is 0 Å².